The van der Waals surface area contributed by atoms with Crippen LogP contribution in [0.15, 0.2) is 29.2 Å². The molecule has 1 nitrogen and oxygen atoms in total. The summed E-state index contributed by atoms with van der Waals surface area (Å²) in [4.78, 5) is 1.36. The maximum Gasteiger partial charge on any atom is 0.0266 e. The van der Waals surface area contributed by atoms with Crippen molar-refractivity contribution in [2.24, 2.45) is 11.7 Å². The molecule has 1 aromatic rings. The fraction of sp³-hybridized carbons (Fsp3) is 0.571. The Labute approximate surface area is 104 Å². The molecule has 0 bridgehead atoms. The molecule has 0 aliphatic heterocycles. The predicted molar refractivity (Wildman–Crippen MR) is 73.8 cm³/mol. The van der Waals surface area contributed by atoms with E-state index in [1.807, 2.05) is 18.7 Å². The summed E-state index contributed by atoms with van der Waals surface area (Å²) in [7, 11) is 0. The van der Waals surface area contributed by atoms with Crippen LogP contribution in [0.5, 0.6) is 0 Å². The van der Waals surface area contributed by atoms with Crippen molar-refractivity contribution >= 4 is 11.8 Å². The van der Waals surface area contributed by atoms with Gasteiger partial charge in [0, 0.05) is 16.7 Å². The van der Waals surface area contributed by atoms with Gasteiger partial charge in [-0.05, 0) is 30.5 Å². The van der Waals surface area contributed by atoms with Crippen LogP contribution in [0.1, 0.15) is 45.2 Å². The summed E-state index contributed by atoms with van der Waals surface area (Å²) in [5.41, 5.74) is 7.04. The normalized spacial score (nSPS) is 13.1. The molecule has 1 aromatic carbocycles. The molecule has 90 valence electrons. The third-order valence-corrected chi connectivity index (χ3v) is 4.29. The van der Waals surface area contributed by atoms with Gasteiger partial charge in [0.05, 0.1) is 0 Å². The van der Waals surface area contributed by atoms with Crippen molar-refractivity contribution in [2.75, 3.05) is 5.75 Å². The third kappa shape index (κ3) is 4.18. The molecule has 0 saturated carbocycles. The summed E-state index contributed by atoms with van der Waals surface area (Å²) in [5, 5.41) is 0. The molecular weight excluding hydrogens is 214 g/mol. The highest BCUT2D eigenvalue weighted by Crippen LogP contribution is 2.24. The smallest absolute Gasteiger partial charge is 0.0266 e. The van der Waals surface area contributed by atoms with Crippen LogP contribution in [0.2, 0.25) is 0 Å². The second-order valence-electron chi connectivity index (χ2n) is 4.35. The molecule has 1 unspecified atom stereocenters. The molecule has 0 aromatic heterocycles. The molecule has 0 saturated heterocycles. The van der Waals surface area contributed by atoms with Crippen molar-refractivity contribution in [1.82, 2.24) is 0 Å². The zero-order valence-corrected chi connectivity index (χ0v) is 11.4. The van der Waals surface area contributed by atoms with Gasteiger partial charge in [0.1, 0.15) is 0 Å². The molecule has 0 spiro atoms. The molecule has 0 heterocycles. The van der Waals surface area contributed by atoms with Crippen LogP contribution >= 0.6 is 11.8 Å². The number of benzene rings is 1. The van der Waals surface area contributed by atoms with E-state index in [1.165, 1.54) is 29.1 Å². The molecule has 2 heteroatoms. The second-order valence-corrected chi connectivity index (χ2v) is 5.44. The van der Waals surface area contributed by atoms with E-state index in [9.17, 15) is 0 Å². The summed E-state index contributed by atoms with van der Waals surface area (Å²) in [6.07, 6.45) is 2.56. The van der Waals surface area contributed by atoms with Crippen LogP contribution < -0.4 is 5.73 Å². The first-order valence-corrected chi connectivity index (χ1v) is 7.14. The first-order valence-electron chi connectivity index (χ1n) is 6.15. The van der Waals surface area contributed by atoms with Crippen molar-refractivity contribution in [1.29, 1.82) is 0 Å². The van der Waals surface area contributed by atoms with Crippen LogP contribution in [0, 0.1) is 5.92 Å². The minimum Gasteiger partial charge on any atom is -0.324 e. The molecule has 2 N–H and O–H groups in total. The zero-order valence-electron chi connectivity index (χ0n) is 10.6. The van der Waals surface area contributed by atoms with Crippen LogP contribution in [0.3, 0.4) is 0 Å². The van der Waals surface area contributed by atoms with Crippen molar-refractivity contribution in [3.63, 3.8) is 0 Å². The monoisotopic (exact) mass is 237 g/mol. The van der Waals surface area contributed by atoms with Crippen molar-refractivity contribution in [3.05, 3.63) is 29.8 Å². The molecule has 0 aliphatic carbocycles. The quantitative estimate of drug-likeness (QED) is 0.749. The minimum atomic E-state index is 0.137. The molecule has 0 radical (unpaired) electrons. The van der Waals surface area contributed by atoms with Gasteiger partial charge in [-0.3, -0.25) is 0 Å². The summed E-state index contributed by atoms with van der Waals surface area (Å²) < 4.78 is 0. The molecule has 1 rings (SSSR count). The zero-order chi connectivity index (χ0) is 12.0. The Bertz CT molecular complexity index is 288. The molecule has 0 amide bonds. The Hall–Kier alpha value is -0.470. The van der Waals surface area contributed by atoms with Gasteiger partial charge in [-0.2, -0.15) is 0 Å². The first-order chi connectivity index (χ1) is 7.67. The highest BCUT2D eigenvalue weighted by atomic mass is 32.2. The number of rotatable bonds is 6. The third-order valence-electron chi connectivity index (χ3n) is 3.05. The van der Waals surface area contributed by atoms with E-state index in [2.05, 4.69) is 38.1 Å². The van der Waals surface area contributed by atoms with Crippen molar-refractivity contribution < 1.29 is 0 Å². The number of hydrogen-bond donors (Lipinski definition) is 1. The van der Waals surface area contributed by atoms with Gasteiger partial charge in [0.25, 0.3) is 0 Å². The summed E-state index contributed by atoms with van der Waals surface area (Å²) >= 11 is 1.96. The number of hydrogen-bond acceptors (Lipinski definition) is 2. The van der Waals surface area contributed by atoms with Gasteiger partial charge in [-0.25, -0.2) is 0 Å². The Kier molecular flexibility index (Phi) is 5.93. The minimum absolute atomic E-state index is 0.137. The molecular formula is C14H23NS. The Morgan fingerprint density at radius 3 is 2.12 bits per heavy atom. The summed E-state index contributed by atoms with van der Waals surface area (Å²) in [5.74, 6) is 2.07. The number of thioether (sulfide) groups is 1. The predicted octanol–water partition coefficient (Wildman–Crippen LogP) is 4.23. The summed E-state index contributed by atoms with van der Waals surface area (Å²) in [6, 6.07) is 8.79. The van der Waals surface area contributed by atoms with E-state index >= 15 is 0 Å². The standard InChI is InChI=1S/C14H23NS/c1-4-12(5-2)10-16-14-8-6-13(7-9-14)11(3)15/h6-9,11-12H,4-5,10,15H2,1-3H3. The average molecular weight is 237 g/mol. The molecule has 16 heavy (non-hydrogen) atoms. The Morgan fingerprint density at radius 2 is 1.69 bits per heavy atom. The molecule has 0 aliphatic rings. The topological polar surface area (TPSA) is 26.0 Å². The van der Waals surface area contributed by atoms with Crippen LogP contribution in [0.4, 0.5) is 0 Å². The molecule has 1 atom stereocenters. The first kappa shape index (κ1) is 13.6. The lowest BCUT2D eigenvalue weighted by molar-refractivity contribution is 0.554. The van der Waals surface area contributed by atoms with Gasteiger partial charge < -0.3 is 5.73 Å². The fourth-order valence-corrected chi connectivity index (χ4v) is 2.83. The van der Waals surface area contributed by atoms with E-state index in [0.717, 1.165) is 5.92 Å². The molecule has 0 fully saturated rings. The average Bonchev–Trinajstić information content (AvgIpc) is 2.31. The Morgan fingerprint density at radius 1 is 1.12 bits per heavy atom. The number of nitrogens with two attached hydrogens (primary N) is 1. The van der Waals surface area contributed by atoms with Gasteiger partial charge in [-0.15, -0.1) is 11.8 Å². The Balaban J connectivity index is 2.49. The van der Waals surface area contributed by atoms with Crippen molar-refractivity contribution in [3.8, 4) is 0 Å². The highest BCUT2D eigenvalue weighted by Gasteiger charge is 2.04. The van der Waals surface area contributed by atoms with E-state index in [-0.39, 0.29) is 6.04 Å². The van der Waals surface area contributed by atoms with Gasteiger partial charge >= 0.3 is 0 Å². The van der Waals surface area contributed by atoms with E-state index in [1.54, 1.807) is 0 Å². The van der Waals surface area contributed by atoms with Crippen LogP contribution in [-0.4, -0.2) is 5.75 Å². The van der Waals surface area contributed by atoms with Crippen LogP contribution in [0.25, 0.3) is 0 Å². The maximum atomic E-state index is 5.82. The maximum absolute atomic E-state index is 5.82. The summed E-state index contributed by atoms with van der Waals surface area (Å²) in [6.45, 7) is 6.56. The fourth-order valence-electron chi connectivity index (χ4n) is 1.61. The highest BCUT2D eigenvalue weighted by molar-refractivity contribution is 7.99. The lowest BCUT2D eigenvalue weighted by Crippen LogP contribution is -2.04. The SMILES string of the molecule is CCC(CC)CSc1ccc(C(C)N)cc1. The lowest BCUT2D eigenvalue weighted by atomic mass is 10.1. The van der Waals surface area contributed by atoms with Crippen molar-refractivity contribution in [2.45, 2.75) is 44.6 Å². The van der Waals surface area contributed by atoms with Crippen LogP contribution in [-0.2, 0) is 0 Å². The van der Waals surface area contributed by atoms with E-state index in [4.69, 9.17) is 5.73 Å². The van der Waals surface area contributed by atoms with E-state index in [0.29, 0.717) is 0 Å². The van der Waals surface area contributed by atoms with Gasteiger partial charge in [0.2, 0.25) is 0 Å². The van der Waals surface area contributed by atoms with Gasteiger partial charge in [0.15, 0.2) is 0 Å². The lowest BCUT2D eigenvalue weighted by Gasteiger charge is -2.12. The van der Waals surface area contributed by atoms with Gasteiger partial charge in [-0.1, -0.05) is 38.8 Å². The second kappa shape index (κ2) is 6.97. The van der Waals surface area contributed by atoms with E-state index < -0.39 is 0 Å². The largest absolute Gasteiger partial charge is 0.324 e.